The number of carbonyl (C=O) groups is 1. The van der Waals surface area contributed by atoms with Crippen LogP contribution in [0.4, 0.5) is 11.4 Å². The van der Waals surface area contributed by atoms with Gasteiger partial charge in [0.15, 0.2) is 0 Å². The monoisotopic (exact) mass is 379 g/mol. The first-order valence-corrected chi connectivity index (χ1v) is 9.03. The van der Waals surface area contributed by atoms with E-state index in [-0.39, 0.29) is 5.57 Å². The van der Waals surface area contributed by atoms with Gasteiger partial charge < -0.3 is 20.1 Å². The van der Waals surface area contributed by atoms with E-state index in [2.05, 4.69) is 24.5 Å². The van der Waals surface area contributed by atoms with E-state index in [0.29, 0.717) is 23.1 Å². The number of nitrogens with one attached hydrogen (secondary N) is 2. The van der Waals surface area contributed by atoms with Gasteiger partial charge in [0.05, 0.1) is 19.9 Å². The summed E-state index contributed by atoms with van der Waals surface area (Å²) in [6.45, 7) is 4.25. The van der Waals surface area contributed by atoms with Crippen molar-refractivity contribution in [2.24, 2.45) is 0 Å². The molecule has 0 spiro atoms. The smallest absolute Gasteiger partial charge is 0.267 e. The first-order chi connectivity index (χ1) is 13.5. The number of nitriles is 1. The second-order valence-electron chi connectivity index (χ2n) is 6.23. The molecular formula is C22H25N3O3. The van der Waals surface area contributed by atoms with Crippen LogP contribution >= 0.6 is 0 Å². The number of hydrogen-bond acceptors (Lipinski definition) is 5. The zero-order valence-corrected chi connectivity index (χ0v) is 16.6. The number of amides is 1. The standard InChI is InChI=1S/C22H25N3O3/c1-5-15(2)18-8-6-7-9-19(18)24-14-16(13-23)22(26)25-20-12-17(27-3)10-11-21(20)28-4/h6-12,14-15,24H,5H2,1-4H3,(H,25,26)/b16-14-. The molecule has 0 radical (unpaired) electrons. The van der Waals surface area contributed by atoms with E-state index in [0.717, 1.165) is 17.7 Å². The van der Waals surface area contributed by atoms with Crippen LogP contribution in [-0.4, -0.2) is 20.1 Å². The maximum absolute atomic E-state index is 12.6. The van der Waals surface area contributed by atoms with Crippen molar-refractivity contribution in [2.75, 3.05) is 24.9 Å². The molecule has 0 aliphatic rings. The molecule has 0 saturated heterocycles. The molecule has 0 aromatic heterocycles. The topological polar surface area (TPSA) is 83.4 Å². The van der Waals surface area contributed by atoms with E-state index in [1.54, 1.807) is 18.2 Å². The predicted octanol–water partition coefficient (Wildman–Crippen LogP) is 4.68. The molecule has 2 rings (SSSR count). The summed E-state index contributed by atoms with van der Waals surface area (Å²) in [7, 11) is 3.04. The minimum atomic E-state index is -0.539. The molecule has 0 bridgehead atoms. The molecule has 2 N–H and O–H groups in total. The molecule has 28 heavy (non-hydrogen) atoms. The molecule has 146 valence electrons. The van der Waals surface area contributed by atoms with Crippen LogP contribution in [0.3, 0.4) is 0 Å². The summed E-state index contributed by atoms with van der Waals surface area (Å²) in [4.78, 5) is 12.6. The molecule has 0 fully saturated rings. The Labute approximate surface area is 165 Å². The van der Waals surface area contributed by atoms with Gasteiger partial charge in [0, 0.05) is 18.0 Å². The van der Waals surface area contributed by atoms with Crippen molar-refractivity contribution in [1.29, 1.82) is 5.26 Å². The lowest BCUT2D eigenvalue weighted by molar-refractivity contribution is -0.112. The highest BCUT2D eigenvalue weighted by Crippen LogP contribution is 2.29. The van der Waals surface area contributed by atoms with Gasteiger partial charge in [-0.1, -0.05) is 32.0 Å². The van der Waals surface area contributed by atoms with Gasteiger partial charge in [-0.3, -0.25) is 4.79 Å². The SMILES string of the molecule is CCC(C)c1ccccc1N/C=C(/C#N)C(=O)Nc1cc(OC)ccc1OC. The van der Waals surface area contributed by atoms with E-state index in [1.807, 2.05) is 30.3 Å². The Kier molecular flexibility index (Phi) is 7.46. The van der Waals surface area contributed by atoms with Crippen molar-refractivity contribution in [3.05, 3.63) is 59.8 Å². The third kappa shape index (κ3) is 5.04. The summed E-state index contributed by atoms with van der Waals surface area (Å²) in [5.41, 5.74) is 2.38. The molecule has 1 unspecified atom stereocenters. The summed E-state index contributed by atoms with van der Waals surface area (Å²) in [6, 6.07) is 14.8. The number of ether oxygens (including phenoxy) is 2. The van der Waals surface area contributed by atoms with Crippen molar-refractivity contribution in [3.63, 3.8) is 0 Å². The highest BCUT2D eigenvalue weighted by Gasteiger charge is 2.14. The van der Waals surface area contributed by atoms with Gasteiger partial charge in [0.1, 0.15) is 23.1 Å². The Balaban J connectivity index is 2.22. The van der Waals surface area contributed by atoms with E-state index < -0.39 is 5.91 Å². The molecule has 0 aliphatic carbocycles. The van der Waals surface area contributed by atoms with E-state index in [1.165, 1.54) is 20.4 Å². The number of nitrogens with zero attached hydrogens (tertiary/aromatic N) is 1. The summed E-state index contributed by atoms with van der Waals surface area (Å²) in [5, 5.41) is 15.2. The van der Waals surface area contributed by atoms with Crippen LogP contribution in [0.2, 0.25) is 0 Å². The van der Waals surface area contributed by atoms with E-state index in [9.17, 15) is 10.1 Å². The molecule has 2 aromatic rings. The zero-order valence-electron chi connectivity index (χ0n) is 16.6. The lowest BCUT2D eigenvalue weighted by atomic mass is 9.97. The Hall–Kier alpha value is -3.46. The molecular weight excluding hydrogens is 354 g/mol. The quantitative estimate of drug-likeness (QED) is 0.514. The second kappa shape index (κ2) is 10.0. The average molecular weight is 379 g/mol. The third-order valence-corrected chi connectivity index (χ3v) is 4.50. The van der Waals surface area contributed by atoms with Crippen molar-refractivity contribution in [2.45, 2.75) is 26.2 Å². The number of rotatable bonds is 8. The minimum absolute atomic E-state index is 0.0520. The normalized spacial score (nSPS) is 11.9. The molecule has 6 heteroatoms. The van der Waals surface area contributed by atoms with Gasteiger partial charge in [-0.15, -0.1) is 0 Å². The first kappa shape index (κ1) is 20.8. The van der Waals surface area contributed by atoms with Crippen molar-refractivity contribution in [1.82, 2.24) is 0 Å². The Morgan fingerprint density at radius 3 is 2.57 bits per heavy atom. The molecule has 2 aromatic carbocycles. The van der Waals surface area contributed by atoms with Gasteiger partial charge >= 0.3 is 0 Å². The van der Waals surface area contributed by atoms with Crippen LogP contribution in [0.15, 0.2) is 54.2 Å². The molecule has 0 aliphatic heterocycles. The number of carbonyl (C=O) groups excluding carboxylic acids is 1. The van der Waals surface area contributed by atoms with Gasteiger partial charge in [0.25, 0.3) is 5.91 Å². The summed E-state index contributed by atoms with van der Waals surface area (Å²) in [6.07, 6.45) is 2.41. The number of para-hydroxylation sites is 1. The Morgan fingerprint density at radius 1 is 1.18 bits per heavy atom. The second-order valence-corrected chi connectivity index (χ2v) is 6.23. The maximum atomic E-state index is 12.6. The summed E-state index contributed by atoms with van der Waals surface area (Å²) < 4.78 is 10.4. The third-order valence-electron chi connectivity index (χ3n) is 4.50. The van der Waals surface area contributed by atoms with Crippen LogP contribution in [0.5, 0.6) is 11.5 Å². The van der Waals surface area contributed by atoms with Crippen LogP contribution in [-0.2, 0) is 4.79 Å². The highest BCUT2D eigenvalue weighted by atomic mass is 16.5. The highest BCUT2D eigenvalue weighted by molar-refractivity contribution is 6.07. The molecule has 1 amide bonds. The molecule has 0 heterocycles. The number of anilines is 2. The van der Waals surface area contributed by atoms with Crippen LogP contribution in [0.25, 0.3) is 0 Å². The maximum Gasteiger partial charge on any atom is 0.267 e. The van der Waals surface area contributed by atoms with Crippen molar-refractivity contribution >= 4 is 17.3 Å². The fourth-order valence-electron chi connectivity index (χ4n) is 2.68. The van der Waals surface area contributed by atoms with E-state index in [4.69, 9.17) is 9.47 Å². The first-order valence-electron chi connectivity index (χ1n) is 9.03. The van der Waals surface area contributed by atoms with Gasteiger partial charge in [-0.2, -0.15) is 5.26 Å². The van der Waals surface area contributed by atoms with Crippen LogP contribution in [0.1, 0.15) is 31.7 Å². The minimum Gasteiger partial charge on any atom is -0.497 e. The fraction of sp³-hybridized carbons (Fsp3) is 0.273. The van der Waals surface area contributed by atoms with E-state index >= 15 is 0 Å². The van der Waals surface area contributed by atoms with Gasteiger partial charge in [-0.25, -0.2) is 0 Å². The lowest BCUT2D eigenvalue weighted by Gasteiger charge is -2.15. The predicted molar refractivity (Wildman–Crippen MR) is 111 cm³/mol. The van der Waals surface area contributed by atoms with Gasteiger partial charge in [-0.05, 0) is 36.1 Å². The summed E-state index contributed by atoms with van der Waals surface area (Å²) >= 11 is 0. The molecule has 0 saturated carbocycles. The number of methoxy groups -OCH3 is 2. The largest absolute Gasteiger partial charge is 0.497 e. The van der Waals surface area contributed by atoms with Crippen molar-refractivity contribution in [3.8, 4) is 17.6 Å². The Bertz CT molecular complexity index is 900. The average Bonchev–Trinajstić information content (AvgIpc) is 2.73. The number of hydrogen-bond donors (Lipinski definition) is 2. The molecule has 1 atom stereocenters. The lowest BCUT2D eigenvalue weighted by Crippen LogP contribution is -2.15. The fourth-order valence-corrected chi connectivity index (χ4v) is 2.68. The summed E-state index contributed by atoms with van der Waals surface area (Å²) in [5.74, 6) is 0.862. The Morgan fingerprint density at radius 2 is 1.93 bits per heavy atom. The van der Waals surface area contributed by atoms with Crippen LogP contribution in [0, 0.1) is 11.3 Å². The van der Waals surface area contributed by atoms with Crippen LogP contribution < -0.4 is 20.1 Å². The zero-order chi connectivity index (χ0) is 20.5. The van der Waals surface area contributed by atoms with Gasteiger partial charge in [0.2, 0.25) is 0 Å². The van der Waals surface area contributed by atoms with Crippen molar-refractivity contribution < 1.29 is 14.3 Å². The molecule has 6 nitrogen and oxygen atoms in total. The number of benzene rings is 2.